The predicted octanol–water partition coefficient (Wildman–Crippen LogP) is -0.317. The molecule has 0 radical (unpaired) electrons. The monoisotopic (exact) mass is 253 g/mol. The molecule has 0 spiro atoms. The second-order valence-electron chi connectivity index (χ2n) is 3.99. The van der Waals surface area contributed by atoms with Crippen LogP contribution < -0.4 is 10.9 Å². The minimum atomic E-state index is -0.217. The normalized spacial score (nSPS) is 10.6. The van der Waals surface area contributed by atoms with Crippen molar-refractivity contribution in [2.75, 3.05) is 40.4 Å². The van der Waals surface area contributed by atoms with Crippen LogP contribution in [-0.4, -0.2) is 56.2 Å². The van der Waals surface area contributed by atoms with Gasteiger partial charge in [0.2, 0.25) is 5.56 Å². The number of nitrogens with zero attached hydrogens (tertiary/aromatic N) is 1. The van der Waals surface area contributed by atoms with Gasteiger partial charge in [-0.25, -0.2) is 0 Å². The Labute approximate surface area is 106 Å². The lowest BCUT2D eigenvalue weighted by Crippen LogP contribution is -2.34. The summed E-state index contributed by atoms with van der Waals surface area (Å²) in [5.41, 5.74) is 0.236. The molecule has 18 heavy (non-hydrogen) atoms. The summed E-state index contributed by atoms with van der Waals surface area (Å²) in [5, 5.41) is 2.78. The van der Waals surface area contributed by atoms with Gasteiger partial charge in [0, 0.05) is 39.0 Å². The SMILES string of the molecule is COCCN(C)CCNC(=O)c1ccc(=O)[nH]c1. The fraction of sp³-hybridized carbons (Fsp3) is 0.500. The maximum Gasteiger partial charge on any atom is 0.252 e. The van der Waals surface area contributed by atoms with Gasteiger partial charge in [-0.15, -0.1) is 0 Å². The minimum absolute atomic E-state index is 0.189. The van der Waals surface area contributed by atoms with Gasteiger partial charge >= 0.3 is 0 Å². The van der Waals surface area contributed by atoms with Crippen molar-refractivity contribution in [2.45, 2.75) is 0 Å². The van der Waals surface area contributed by atoms with E-state index in [9.17, 15) is 9.59 Å². The van der Waals surface area contributed by atoms with Crippen molar-refractivity contribution in [1.29, 1.82) is 0 Å². The van der Waals surface area contributed by atoms with Crippen LogP contribution in [0.1, 0.15) is 10.4 Å². The molecule has 1 aromatic rings. The van der Waals surface area contributed by atoms with E-state index in [-0.39, 0.29) is 11.5 Å². The molecule has 0 aliphatic rings. The standard InChI is InChI=1S/C12H19N3O3/c1-15(7-8-18-2)6-5-13-12(17)10-3-4-11(16)14-9-10/h3-4,9H,5-8H2,1-2H3,(H,13,17)(H,14,16). The van der Waals surface area contributed by atoms with Crippen molar-refractivity contribution in [2.24, 2.45) is 0 Å². The first-order valence-corrected chi connectivity index (χ1v) is 5.78. The number of aromatic nitrogens is 1. The molecule has 1 aromatic heterocycles. The van der Waals surface area contributed by atoms with E-state index >= 15 is 0 Å². The lowest BCUT2D eigenvalue weighted by Gasteiger charge is -2.16. The number of aromatic amines is 1. The molecule has 2 N–H and O–H groups in total. The number of carbonyl (C=O) groups is 1. The number of hydrogen-bond donors (Lipinski definition) is 2. The number of hydrogen-bond acceptors (Lipinski definition) is 4. The van der Waals surface area contributed by atoms with Gasteiger partial charge in [-0.3, -0.25) is 9.59 Å². The largest absolute Gasteiger partial charge is 0.383 e. The average Bonchev–Trinajstić information content (AvgIpc) is 2.37. The Morgan fingerprint density at radius 1 is 1.44 bits per heavy atom. The van der Waals surface area contributed by atoms with Gasteiger partial charge in [-0.05, 0) is 13.1 Å². The molecule has 0 saturated heterocycles. The van der Waals surface area contributed by atoms with Gasteiger partial charge < -0.3 is 19.9 Å². The topological polar surface area (TPSA) is 74.4 Å². The van der Waals surface area contributed by atoms with E-state index in [2.05, 4.69) is 15.2 Å². The smallest absolute Gasteiger partial charge is 0.252 e. The molecule has 0 aliphatic heterocycles. The molecule has 0 fully saturated rings. The second kappa shape index (κ2) is 7.62. The Morgan fingerprint density at radius 2 is 2.22 bits per heavy atom. The third-order valence-corrected chi connectivity index (χ3v) is 2.50. The zero-order valence-corrected chi connectivity index (χ0v) is 10.7. The summed E-state index contributed by atoms with van der Waals surface area (Å²) >= 11 is 0. The highest BCUT2D eigenvalue weighted by Crippen LogP contribution is 1.92. The Morgan fingerprint density at radius 3 is 2.83 bits per heavy atom. The summed E-state index contributed by atoms with van der Waals surface area (Å²) < 4.78 is 4.96. The maximum absolute atomic E-state index is 11.7. The zero-order valence-electron chi connectivity index (χ0n) is 10.7. The molecule has 0 unspecified atom stereocenters. The van der Waals surface area contributed by atoms with Crippen molar-refractivity contribution >= 4 is 5.91 Å². The molecule has 6 nitrogen and oxygen atoms in total. The molecule has 0 aromatic carbocycles. The fourth-order valence-corrected chi connectivity index (χ4v) is 1.37. The summed E-state index contributed by atoms with van der Waals surface area (Å²) in [7, 11) is 3.62. The van der Waals surface area contributed by atoms with Gasteiger partial charge in [0.25, 0.3) is 5.91 Å². The van der Waals surface area contributed by atoms with E-state index in [0.717, 1.165) is 13.1 Å². The first-order valence-electron chi connectivity index (χ1n) is 5.78. The van der Waals surface area contributed by atoms with Gasteiger partial charge in [0.05, 0.1) is 12.2 Å². The number of likely N-dealkylation sites (N-methyl/N-ethyl adjacent to an activating group) is 1. The van der Waals surface area contributed by atoms with Crippen LogP contribution in [0.3, 0.4) is 0 Å². The number of pyridine rings is 1. The van der Waals surface area contributed by atoms with Crippen LogP contribution in [0.4, 0.5) is 0 Å². The van der Waals surface area contributed by atoms with E-state index in [0.29, 0.717) is 18.7 Å². The Bertz CT molecular complexity index is 410. The Hall–Kier alpha value is -1.66. The Kier molecular flexibility index (Phi) is 6.10. The van der Waals surface area contributed by atoms with Crippen LogP contribution in [0.25, 0.3) is 0 Å². The first-order chi connectivity index (χ1) is 8.63. The molecular formula is C12H19N3O3. The van der Waals surface area contributed by atoms with Crippen LogP contribution in [0.15, 0.2) is 23.1 Å². The van der Waals surface area contributed by atoms with Gasteiger partial charge in [-0.2, -0.15) is 0 Å². The molecule has 100 valence electrons. The first kappa shape index (κ1) is 14.4. The summed E-state index contributed by atoms with van der Waals surface area (Å²) in [5.74, 6) is -0.189. The van der Waals surface area contributed by atoms with E-state index in [1.807, 2.05) is 7.05 Å². The van der Waals surface area contributed by atoms with Crippen LogP contribution >= 0.6 is 0 Å². The van der Waals surface area contributed by atoms with Gasteiger partial charge in [0.15, 0.2) is 0 Å². The summed E-state index contributed by atoms with van der Waals surface area (Å²) in [6.07, 6.45) is 1.41. The van der Waals surface area contributed by atoms with Crippen LogP contribution in [0, 0.1) is 0 Å². The quantitative estimate of drug-likeness (QED) is 0.698. The summed E-state index contributed by atoms with van der Waals surface area (Å²) in [6, 6.07) is 2.84. The highest BCUT2D eigenvalue weighted by atomic mass is 16.5. The van der Waals surface area contributed by atoms with Crippen molar-refractivity contribution < 1.29 is 9.53 Å². The molecule has 1 heterocycles. The van der Waals surface area contributed by atoms with E-state index < -0.39 is 0 Å². The molecule has 0 atom stereocenters. The molecule has 1 rings (SSSR count). The fourth-order valence-electron chi connectivity index (χ4n) is 1.37. The van der Waals surface area contributed by atoms with Crippen molar-refractivity contribution in [3.8, 4) is 0 Å². The molecule has 0 aliphatic carbocycles. The number of amides is 1. The average molecular weight is 253 g/mol. The van der Waals surface area contributed by atoms with Crippen molar-refractivity contribution in [3.05, 3.63) is 34.2 Å². The summed E-state index contributed by atoms with van der Waals surface area (Å²) in [6.45, 7) is 2.80. The lowest BCUT2D eigenvalue weighted by atomic mass is 10.2. The number of methoxy groups -OCH3 is 1. The van der Waals surface area contributed by atoms with Gasteiger partial charge in [0.1, 0.15) is 0 Å². The van der Waals surface area contributed by atoms with E-state index in [4.69, 9.17) is 4.74 Å². The highest BCUT2D eigenvalue weighted by molar-refractivity contribution is 5.93. The molecular weight excluding hydrogens is 234 g/mol. The number of nitrogens with one attached hydrogen (secondary N) is 2. The molecule has 6 heteroatoms. The minimum Gasteiger partial charge on any atom is -0.383 e. The van der Waals surface area contributed by atoms with Gasteiger partial charge in [-0.1, -0.05) is 0 Å². The number of rotatable bonds is 7. The highest BCUT2D eigenvalue weighted by Gasteiger charge is 2.05. The Balaban J connectivity index is 2.29. The predicted molar refractivity (Wildman–Crippen MR) is 68.8 cm³/mol. The van der Waals surface area contributed by atoms with Crippen molar-refractivity contribution in [3.63, 3.8) is 0 Å². The third kappa shape index (κ3) is 5.11. The van der Waals surface area contributed by atoms with E-state index in [1.165, 1.54) is 18.3 Å². The molecule has 1 amide bonds. The lowest BCUT2D eigenvalue weighted by molar-refractivity contribution is 0.0947. The van der Waals surface area contributed by atoms with Crippen LogP contribution in [-0.2, 0) is 4.74 Å². The second-order valence-corrected chi connectivity index (χ2v) is 3.99. The molecule has 0 saturated carbocycles. The summed E-state index contributed by atoms with van der Waals surface area (Å²) in [4.78, 5) is 27.0. The molecule has 0 bridgehead atoms. The maximum atomic E-state index is 11.7. The van der Waals surface area contributed by atoms with E-state index in [1.54, 1.807) is 7.11 Å². The number of H-pyrrole nitrogens is 1. The number of ether oxygens (including phenoxy) is 1. The third-order valence-electron chi connectivity index (χ3n) is 2.50. The van der Waals surface area contributed by atoms with Crippen LogP contribution in [0.2, 0.25) is 0 Å². The van der Waals surface area contributed by atoms with Crippen molar-refractivity contribution in [1.82, 2.24) is 15.2 Å². The van der Waals surface area contributed by atoms with Crippen LogP contribution in [0.5, 0.6) is 0 Å². The number of carbonyl (C=O) groups excluding carboxylic acids is 1. The zero-order chi connectivity index (χ0) is 13.4.